The molecule has 1 saturated heterocycles. The van der Waals surface area contributed by atoms with Crippen molar-refractivity contribution in [3.05, 3.63) is 46.8 Å². The van der Waals surface area contributed by atoms with E-state index in [0.29, 0.717) is 18.7 Å². The van der Waals surface area contributed by atoms with Gasteiger partial charge in [-0.05, 0) is 36.8 Å². The zero-order valence-electron chi connectivity index (χ0n) is 17.4. The first-order chi connectivity index (χ1) is 14.2. The molecular weight excluding hydrogens is 422 g/mol. The second-order valence-corrected chi connectivity index (χ2v) is 11.0. The van der Waals surface area contributed by atoms with Crippen LogP contribution >= 0.6 is 11.8 Å². The monoisotopic (exact) mass is 449 g/mol. The maximum atomic E-state index is 13.1. The van der Waals surface area contributed by atoms with E-state index in [2.05, 4.69) is 5.10 Å². The third kappa shape index (κ3) is 5.51. The van der Waals surface area contributed by atoms with E-state index in [4.69, 9.17) is 0 Å². The zero-order valence-corrected chi connectivity index (χ0v) is 19.1. The normalized spacial score (nSPS) is 17.9. The van der Waals surface area contributed by atoms with Gasteiger partial charge in [0.1, 0.15) is 6.54 Å². The van der Waals surface area contributed by atoms with Crippen LogP contribution in [0.25, 0.3) is 11.3 Å². The van der Waals surface area contributed by atoms with Gasteiger partial charge < -0.3 is 4.90 Å². The Bertz CT molecular complexity index is 1060. The minimum Gasteiger partial charge on any atom is -0.337 e. The second kappa shape index (κ2) is 9.34. The molecule has 0 spiro atoms. The topological polar surface area (TPSA) is 89.3 Å². The molecule has 0 saturated carbocycles. The predicted molar refractivity (Wildman–Crippen MR) is 119 cm³/mol. The van der Waals surface area contributed by atoms with Crippen molar-refractivity contribution in [2.24, 2.45) is 5.92 Å². The van der Waals surface area contributed by atoms with Crippen molar-refractivity contribution in [2.45, 2.75) is 37.8 Å². The average Bonchev–Trinajstić information content (AvgIpc) is 3.07. The summed E-state index contributed by atoms with van der Waals surface area (Å²) in [5.74, 6) is -0.0204. The van der Waals surface area contributed by atoms with Gasteiger partial charge in [0.05, 0.1) is 17.2 Å². The zero-order chi connectivity index (χ0) is 21.9. The number of carbonyl (C=O) groups is 1. The van der Waals surface area contributed by atoms with Gasteiger partial charge in [0.25, 0.3) is 5.56 Å². The van der Waals surface area contributed by atoms with E-state index >= 15 is 0 Å². The fourth-order valence-corrected chi connectivity index (χ4v) is 5.70. The van der Waals surface area contributed by atoms with E-state index in [9.17, 15) is 18.0 Å². The maximum Gasteiger partial charge on any atom is 0.267 e. The molecule has 1 atom stereocenters. The summed E-state index contributed by atoms with van der Waals surface area (Å²) in [6.07, 6.45) is 2.43. The lowest BCUT2D eigenvalue weighted by atomic mass is 10.1. The van der Waals surface area contributed by atoms with Crippen LogP contribution in [0.4, 0.5) is 0 Å². The maximum absolute atomic E-state index is 13.1. The molecule has 0 N–H and O–H groups in total. The van der Waals surface area contributed by atoms with E-state index < -0.39 is 9.84 Å². The Hall–Kier alpha value is -2.13. The molecule has 1 aromatic heterocycles. The number of hydrogen-bond donors (Lipinski definition) is 0. The number of aromatic nitrogens is 2. The van der Waals surface area contributed by atoms with Crippen LogP contribution in [0.15, 0.2) is 46.1 Å². The lowest BCUT2D eigenvalue weighted by molar-refractivity contribution is -0.134. The van der Waals surface area contributed by atoms with Gasteiger partial charge in [-0.3, -0.25) is 9.59 Å². The number of carbonyl (C=O) groups excluding carboxylic acids is 1. The summed E-state index contributed by atoms with van der Waals surface area (Å²) in [4.78, 5) is 28.1. The largest absolute Gasteiger partial charge is 0.337 e. The van der Waals surface area contributed by atoms with Gasteiger partial charge in [-0.15, -0.1) is 11.8 Å². The minimum absolute atomic E-state index is 0.0182. The third-order valence-corrected chi connectivity index (χ3v) is 7.56. The van der Waals surface area contributed by atoms with Crippen LogP contribution in [0.2, 0.25) is 0 Å². The highest BCUT2D eigenvalue weighted by molar-refractivity contribution is 7.98. The number of benzene rings is 1. The molecule has 1 fully saturated rings. The molecule has 7 nitrogen and oxygen atoms in total. The van der Waals surface area contributed by atoms with Gasteiger partial charge in [0.2, 0.25) is 5.91 Å². The highest BCUT2D eigenvalue weighted by Crippen LogP contribution is 2.22. The minimum atomic E-state index is -3.12. The van der Waals surface area contributed by atoms with Crippen molar-refractivity contribution in [1.82, 2.24) is 14.7 Å². The number of thioether (sulfide) groups is 1. The molecular formula is C21H27N3O4S2. The summed E-state index contributed by atoms with van der Waals surface area (Å²) in [5.41, 5.74) is 1.10. The van der Waals surface area contributed by atoms with Crippen molar-refractivity contribution in [3.8, 4) is 11.3 Å². The standard InChI is InChI=1S/C21H27N3O4S2/c1-15(2)12-23(17-10-11-30(27,28)14-17)21(26)13-24-20(25)9-8-19(22-24)16-4-6-18(29-3)7-5-16/h4-9,15,17H,10-14H2,1-3H3/t17-/m0/s1. The third-order valence-electron chi connectivity index (χ3n) is 5.07. The molecule has 3 rings (SSSR count). The summed E-state index contributed by atoms with van der Waals surface area (Å²) >= 11 is 1.64. The van der Waals surface area contributed by atoms with E-state index in [1.807, 2.05) is 44.4 Å². The molecule has 1 aliphatic rings. The molecule has 0 aliphatic carbocycles. The Morgan fingerprint density at radius 2 is 1.93 bits per heavy atom. The Morgan fingerprint density at radius 1 is 1.23 bits per heavy atom. The summed E-state index contributed by atoms with van der Waals surface area (Å²) < 4.78 is 25.0. The number of hydrogen-bond acceptors (Lipinski definition) is 6. The summed E-state index contributed by atoms with van der Waals surface area (Å²) in [6, 6.07) is 10.5. The molecule has 1 amide bonds. The van der Waals surface area contributed by atoms with Crippen molar-refractivity contribution in [1.29, 1.82) is 0 Å². The summed E-state index contributed by atoms with van der Waals surface area (Å²) in [7, 11) is -3.12. The van der Waals surface area contributed by atoms with E-state index in [1.54, 1.807) is 22.7 Å². The van der Waals surface area contributed by atoms with Crippen LogP contribution in [0.1, 0.15) is 20.3 Å². The van der Waals surface area contributed by atoms with Crippen LogP contribution in [-0.2, 0) is 21.2 Å². The van der Waals surface area contributed by atoms with E-state index in [-0.39, 0.29) is 41.5 Å². The van der Waals surface area contributed by atoms with E-state index in [0.717, 1.165) is 15.1 Å². The molecule has 0 unspecified atom stereocenters. The Kier molecular flexibility index (Phi) is 7.02. The molecule has 2 aromatic rings. The number of amides is 1. The lowest BCUT2D eigenvalue weighted by Gasteiger charge is -2.30. The molecule has 1 aliphatic heterocycles. The molecule has 1 aromatic carbocycles. The first-order valence-corrected chi connectivity index (χ1v) is 13.0. The molecule has 9 heteroatoms. The van der Waals surface area contributed by atoms with Crippen LogP contribution in [0.5, 0.6) is 0 Å². The lowest BCUT2D eigenvalue weighted by Crippen LogP contribution is -2.46. The molecule has 2 heterocycles. The van der Waals surface area contributed by atoms with Crippen LogP contribution in [0.3, 0.4) is 0 Å². The SMILES string of the molecule is CSc1ccc(-c2ccc(=O)n(CC(=O)N(CC(C)C)[C@H]3CCS(=O)(=O)C3)n2)cc1. The van der Waals surface area contributed by atoms with Gasteiger partial charge >= 0.3 is 0 Å². The van der Waals surface area contributed by atoms with Crippen molar-refractivity contribution < 1.29 is 13.2 Å². The molecule has 30 heavy (non-hydrogen) atoms. The predicted octanol–water partition coefficient (Wildman–Crippen LogP) is 2.30. The fourth-order valence-electron chi connectivity index (χ4n) is 3.57. The smallest absolute Gasteiger partial charge is 0.267 e. The summed E-state index contributed by atoms with van der Waals surface area (Å²) in [6.45, 7) is 4.20. The van der Waals surface area contributed by atoms with Gasteiger partial charge in [0, 0.05) is 29.1 Å². The first-order valence-electron chi connectivity index (χ1n) is 9.91. The Balaban J connectivity index is 1.83. The van der Waals surface area contributed by atoms with Crippen molar-refractivity contribution >= 4 is 27.5 Å². The Labute approximate surface area is 181 Å². The molecule has 0 bridgehead atoms. The first kappa shape index (κ1) is 22.6. The van der Waals surface area contributed by atoms with Gasteiger partial charge in [-0.25, -0.2) is 13.1 Å². The quantitative estimate of drug-likeness (QED) is 0.603. The van der Waals surface area contributed by atoms with E-state index in [1.165, 1.54) is 6.07 Å². The van der Waals surface area contributed by atoms with Crippen molar-refractivity contribution in [3.63, 3.8) is 0 Å². The number of nitrogens with zero attached hydrogens (tertiary/aromatic N) is 3. The molecule has 162 valence electrons. The van der Waals surface area contributed by atoms with Crippen LogP contribution in [-0.4, -0.2) is 59.4 Å². The fraction of sp³-hybridized carbons (Fsp3) is 0.476. The second-order valence-electron chi connectivity index (χ2n) is 7.94. The number of rotatable bonds is 7. The summed E-state index contributed by atoms with van der Waals surface area (Å²) in [5, 5.41) is 4.39. The van der Waals surface area contributed by atoms with Crippen molar-refractivity contribution in [2.75, 3.05) is 24.3 Å². The number of sulfone groups is 1. The van der Waals surface area contributed by atoms with Gasteiger partial charge in [0.15, 0.2) is 9.84 Å². The van der Waals surface area contributed by atoms with Gasteiger partial charge in [-0.2, -0.15) is 5.10 Å². The van der Waals surface area contributed by atoms with Gasteiger partial charge in [-0.1, -0.05) is 26.0 Å². The van der Waals surface area contributed by atoms with Crippen LogP contribution < -0.4 is 5.56 Å². The average molecular weight is 450 g/mol. The highest BCUT2D eigenvalue weighted by atomic mass is 32.2. The molecule has 0 radical (unpaired) electrons. The highest BCUT2D eigenvalue weighted by Gasteiger charge is 2.35. The Morgan fingerprint density at radius 3 is 2.50 bits per heavy atom. The van der Waals surface area contributed by atoms with Crippen LogP contribution in [0, 0.1) is 5.92 Å².